The van der Waals surface area contributed by atoms with Crippen LogP contribution in [0, 0.1) is 12.7 Å². The number of pyridine rings is 1. The van der Waals surface area contributed by atoms with Crippen LogP contribution in [0.5, 0.6) is 0 Å². The zero-order valence-corrected chi connectivity index (χ0v) is 17.7. The zero-order valence-electron chi connectivity index (χ0n) is 17.7. The molecule has 8 nitrogen and oxygen atoms in total. The number of anilines is 3. The number of nitrogens with one attached hydrogen (secondary N) is 1. The third-order valence-electron chi connectivity index (χ3n) is 5.54. The maximum Gasteiger partial charge on any atom is 0.414 e. The number of piperazine rings is 1. The van der Waals surface area contributed by atoms with Gasteiger partial charge in [0, 0.05) is 39.3 Å². The molecule has 9 heteroatoms. The third kappa shape index (κ3) is 4.70. The smallest absolute Gasteiger partial charge is 0.414 e. The van der Waals surface area contributed by atoms with Gasteiger partial charge >= 0.3 is 6.09 Å². The van der Waals surface area contributed by atoms with Crippen LogP contribution in [-0.4, -0.2) is 62.4 Å². The molecule has 0 saturated carbocycles. The van der Waals surface area contributed by atoms with E-state index in [9.17, 15) is 14.0 Å². The fourth-order valence-electron chi connectivity index (χ4n) is 3.84. The molecule has 1 atom stereocenters. The Balaban J connectivity index is 1.38. The van der Waals surface area contributed by atoms with Gasteiger partial charge in [-0.1, -0.05) is 6.07 Å². The van der Waals surface area contributed by atoms with Crippen molar-refractivity contribution >= 4 is 29.2 Å². The van der Waals surface area contributed by atoms with Gasteiger partial charge in [0.15, 0.2) is 0 Å². The quantitative estimate of drug-likeness (QED) is 0.789. The highest BCUT2D eigenvalue weighted by Crippen LogP contribution is 2.29. The summed E-state index contributed by atoms with van der Waals surface area (Å²) in [6.07, 6.45) is 0.855. The lowest BCUT2D eigenvalue weighted by atomic mass is 10.2. The van der Waals surface area contributed by atoms with Crippen molar-refractivity contribution in [1.82, 2.24) is 10.3 Å². The Morgan fingerprint density at radius 1 is 1.19 bits per heavy atom. The van der Waals surface area contributed by atoms with Crippen molar-refractivity contribution < 1.29 is 18.7 Å². The van der Waals surface area contributed by atoms with Crippen molar-refractivity contribution in [2.75, 3.05) is 54.0 Å². The van der Waals surface area contributed by atoms with Gasteiger partial charge in [-0.2, -0.15) is 0 Å². The summed E-state index contributed by atoms with van der Waals surface area (Å²) in [5.74, 6) is 0.364. The number of nitrogens with zero attached hydrogens (tertiary/aromatic N) is 4. The number of aromatic nitrogens is 1. The molecule has 0 radical (unpaired) electrons. The highest BCUT2D eigenvalue weighted by Gasteiger charge is 2.33. The summed E-state index contributed by atoms with van der Waals surface area (Å²) in [6.45, 7) is 6.76. The predicted molar refractivity (Wildman–Crippen MR) is 116 cm³/mol. The average molecular weight is 427 g/mol. The van der Waals surface area contributed by atoms with Crippen molar-refractivity contribution in [3.8, 4) is 0 Å². The van der Waals surface area contributed by atoms with Gasteiger partial charge in [-0.05, 0) is 36.8 Å². The summed E-state index contributed by atoms with van der Waals surface area (Å²) in [4.78, 5) is 33.3. The van der Waals surface area contributed by atoms with E-state index in [1.54, 1.807) is 12.1 Å². The Kier molecular flexibility index (Phi) is 5.92. The van der Waals surface area contributed by atoms with Gasteiger partial charge in [0.2, 0.25) is 5.91 Å². The average Bonchev–Trinajstić information content (AvgIpc) is 3.13. The Hall–Kier alpha value is -3.36. The Labute approximate surface area is 180 Å². The van der Waals surface area contributed by atoms with E-state index in [0.717, 1.165) is 24.5 Å². The molecule has 2 fully saturated rings. The number of cyclic esters (lactones) is 1. The Bertz CT molecular complexity index is 960. The van der Waals surface area contributed by atoms with Crippen LogP contribution in [0.2, 0.25) is 0 Å². The predicted octanol–water partition coefficient (Wildman–Crippen LogP) is 2.32. The van der Waals surface area contributed by atoms with Gasteiger partial charge < -0.3 is 19.9 Å². The van der Waals surface area contributed by atoms with Crippen LogP contribution in [0.3, 0.4) is 0 Å². The molecule has 0 spiro atoms. The van der Waals surface area contributed by atoms with E-state index in [-0.39, 0.29) is 24.8 Å². The van der Waals surface area contributed by atoms with Gasteiger partial charge in [0.05, 0.1) is 24.5 Å². The third-order valence-corrected chi connectivity index (χ3v) is 5.54. The summed E-state index contributed by atoms with van der Waals surface area (Å²) in [5, 5.41) is 2.63. The molecule has 3 heterocycles. The molecule has 4 rings (SSSR count). The van der Waals surface area contributed by atoms with E-state index in [1.165, 1.54) is 17.9 Å². The van der Waals surface area contributed by atoms with Gasteiger partial charge in [-0.25, -0.2) is 14.2 Å². The van der Waals surface area contributed by atoms with Crippen LogP contribution >= 0.6 is 0 Å². The lowest BCUT2D eigenvalue weighted by Crippen LogP contribution is -2.47. The number of carbonyl (C=O) groups excluding carboxylic acids is 2. The first-order valence-corrected chi connectivity index (χ1v) is 10.4. The van der Waals surface area contributed by atoms with E-state index in [2.05, 4.69) is 15.2 Å². The molecule has 0 bridgehead atoms. The van der Waals surface area contributed by atoms with E-state index < -0.39 is 12.2 Å². The molecule has 164 valence electrons. The van der Waals surface area contributed by atoms with Crippen molar-refractivity contribution in [3.63, 3.8) is 0 Å². The first-order valence-electron chi connectivity index (χ1n) is 10.4. The molecule has 2 amide bonds. The number of carbonyl (C=O) groups is 2. The van der Waals surface area contributed by atoms with Crippen molar-refractivity contribution in [1.29, 1.82) is 0 Å². The van der Waals surface area contributed by atoms with Gasteiger partial charge in [0.1, 0.15) is 17.7 Å². The number of aryl methyl sites for hydroxylation is 1. The number of amides is 2. The Morgan fingerprint density at radius 2 is 1.94 bits per heavy atom. The first kappa shape index (κ1) is 20.9. The van der Waals surface area contributed by atoms with E-state index in [0.29, 0.717) is 24.5 Å². The van der Waals surface area contributed by atoms with E-state index in [4.69, 9.17) is 4.74 Å². The standard InChI is InChI=1S/C22H26FN5O3/c1-15-3-6-21(25-12-15)27-9-7-26(8-10-27)20-5-4-17(11-19(20)23)28-14-18(31-22(28)30)13-24-16(2)29/h3-6,11-12,18H,7-10,13-14H2,1-2H3,(H,24,29)/t18-/m0/s1. The molecule has 31 heavy (non-hydrogen) atoms. The number of rotatable bonds is 5. The molecule has 2 aliphatic heterocycles. The highest BCUT2D eigenvalue weighted by atomic mass is 19.1. The fraction of sp³-hybridized carbons (Fsp3) is 0.409. The summed E-state index contributed by atoms with van der Waals surface area (Å²) < 4.78 is 20.2. The number of hydrogen-bond acceptors (Lipinski definition) is 6. The van der Waals surface area contributed by atoms with Crippen LogP contribution in [-0.2, 0) is 9.53 Å². The molecular weight excluding hydrogens is 401 g/mol. The van der Waals surface area contributed by atoms with Gasteiger partial charge in [-0.3, -0.25) is 9.69 Å². The van der Waals surface area contributed by atoms with Crippen LogP contribution in [0.15, 0.2) is 36.5 Å². The van der Waals surface area contributed by atoms with Gasteiger partial charge in [0.25, 0.3) is 0 Å². The monoisotopic (exact) mass is 427 g/mol. The summed E-state index contributed by atoms with van der Waals surface area (Å²) in [5.41, 5.74) is 2.08. The molecule has 1 aromatic heterocycles. The molecule has 2 aliphatic rings. The summed E-state index contributed by atoms with van der Waals surface area (Å²) in [6, 6.07) is 8.85. The van der Waals surface area contributed by atoms with Crippen LogP contribution < -0.4 is 20.0 Å². The lowest BCUT2D eigenvalue weighted by Gasteiger charge is -2.37. The minimum Gasteiger partial charge on any atom is -0.442 e. The minimum atomic E-state index is -0.540. The molecule has 0 aliphatic carbocycles. The number of hydrogen-bond donors (Lipinski definition) is 1. The molecular formula is C22H26FN5O3. The minimum absolute atomic E-state index is 0.192. The van der Waals surface area contributed by atoms with Crippen LogP contribution in [0.1, 0.15) is 12.5 Å². The maximum atomic E-state index is 14.9. The zero-order chi connectivity index (χ0) is 22.0. The molecule has 1 aromatic carbocycles. The molecule has 2 aromatic rings. The van der Waals surface area contributed by atoms with E-state index >= 15 is 0 Å². The molecule has 2 saturated heterocycles. The second-order valence-corrected chi connectivity index (χ2v) is 7.86. The summed E-state index contributed by atoms with van der Waals surface area (Å²) in [7, 11) is 0. The Morgan fingerprint density at radius 3 is 2.58 bits per heavy atom. The molecule has 0 unspecified atom stereocenters. The number of ether oxygens (including phenoxy) is 1. The van der Waals surface area contributed by atoms with Gasteiger partial charge in [-0.15, -0.1) is 0 Å². The number of benzene rings is 1. The normalized spacial score (nSPS) is 18.9. The van der Waals surface area contributed by atoms with Crippen molar-refractivity contribution in [3.05, 3.63) is 47.9 Å². The molecule has 1 N–H and O–H groups in total. The van der Waals surface area contributed by atoms with Crippen molar-refractivity contribution in [2.24, 2.45) is 0 Å². The lowest BCUT2D eigenvalue weighted by molar-refractivity contribution is -0.119. The SMILES string of the molecule is CC(=O)NC[C@H]1CN(c2ccc(N3CCN(c4ccc(C)cn4)CC3)c(F)c2)C(=O)O1. The topological polar surface area (TPSA) is 78.0 Å². The number of halogens is 1. The van der Waals surface area contributed by atoms with E-state index in [1.807, 2.05) is 30.2 Å². The first-order chi connectivity index (χ1) is 14.9. The van der Waals surface area contributed by atoms with Crippen LogP contribution in [0.4, 0.5) is 26.4 Å². The van der Waals surface area contributed by atoms with Crippen molar-refractivity contribution in [2.45, 2.75) is 20.0 Å². The highest BCUT2D eigenvalue weighted by molar-refractivity contribution is 5.90. The van der Waals surface area contributed by atoms with Crippen LogP contribution in [0.25, 0.3) is 0 Å². The largest absolute Gasteiger partial charge is 0.442 e. The summed E-state index contributed by atoms with van der Waals surface area (Å²) >= 11 is 0. The maximum absolute atomic E-state index is 14.9. The fourth-order valence-corrected chi connectivity index (χ4v) is 3.84. The second kappa shape index (κ2) is 8.79. The second-order valence-electron chi connectivity index (χ2n) is 7.86.